The van der Waals surface area contributed by atoms with Gasteiger partial charge in [0.15, 0.2) is 0 Å². The number of benzene rings is 2. The highest BCUT2D eigenvalue weighted by Crippen LogP contribution is 2.29. The van der Waals surface area contributed by atoms with E-state index < -0.39 is 35.5 Å². The Labute approximate surface area is 180 Å². The molecule has 0 spiro atoms. The van der Waals surface area contributed by atoms with Crippen molar-refractivity contribution in [3.63, 3.8) is 0 Å². The van der Waals surface area contributed by atoms with Crippen LogP contribution in [-0.2, 0) is 9.53 Å². The van der Waals surface area contributed by atoms with Gasteiger partial charge in [-0.3, -0.25) is 19.8 Å². The molecule has 2 aromatic carbocycles. The van der Waals surface area contributed by atoms with Crippen molar-refractivity contribution >= 4 is 34.6 Å². The average molecular weight is 425 g/mol. The van der Waals surface area contributed by atoms with Crippen LogP contribution in [0.4, 0.5) is 4.79 Å². The van der Waals surface area contributed by atoms with Crippen LogP contribution in [0.5, 0.6) is 0 Å². The number of nitrogens with one attached hydrogen (secondary N) is 2. The van der Waals surface area contributed by atoms with Crippen LogP contribution in [0.15, 0.2) is 36.4 Å². The van der Waals surface area contributed by atoms with Gasteiger partial charge in [0.2, 0.25) is 0 Å². The van der Waals surface area contributed by atoms with E-state index in [1.54, 1.807) is 45.0 Å². The van der Waals surface area contributed by atoms with Crippen molar-refractivity contribution in [3.8, 4) is 0 Å². The lowest BCUT2D eigenvalue weighted by molar-refractivity contribution is -0.126. The van der Waals surface area contributed by atoms with Crippen molar-refractivity contribution < 1.29 is 23.9 Å². The Morgan fingerprint density at radius 3 is 2.03 bits per heavy atom. The summed E-state index contributed by atoms with van der Waals surface area (Å²) in [5.41, 5.74) is 2.32. The molecule has 31 heavy (non-hydrogen) atoms. The number of hydrogen-bond donors (Lipinski definition) is 2. The van der Waals surface area contributed by atoms with Crippen molar-refractivity contribution in [2.75, 3.05) is 0 Å². The van der Waals surface area contributed by atoms with Crippen LogP contribution in [-0.4, -0.2) is 40.5 Å². The Kier molecular flexibility index (Phi) is 6.01. The van der Waals surface area contributed by atoms with E-state index in [2.05, 4.69) is 10.7 Å². The number of alkyl carbamates (subject to hydrolysis) is 1. The molecule has 2 N–H and O–H groups in total. The zero-order valence-corrected chi connectivity index (χ0v) is 18.3. The van der Waals surface area contributed by atoms with Gasteiger partial charge in [0, 0.05) is 5.39 Å². The van der Waals surface area contributed by atoms with Crippen LogP contribution in [0, 0.1) is 5.92 Å². The Bertz CT molecular complexity index is 1000. The fraction of sp³-hybridized carbons (Fsp3) is 0.391. The highest BCUT2D eigenvalue weighted by atomic mass is 16.6. The van der Waals surface area contributed by atoms with Crippen LogP contribution in [0.2, 0.25) is 0 Å². The van der Waals surface area contributed by atoms with Crippen molar-refractivity contribution in [1.82, 2.24) is 15.8 Å². The summed E-state index contributed by atoms with van der Waals surface area (Å²) in [6, 6.07) is 9.33. The molecule has 4 amide bonds. The fourth-order valence-corrected chi connectivity index (χ4v) is 3.47. The molecule has 164 valence electrons. The molecule has 1 atom stereocenters. The number of carbonyl (C=O) groups is 4. The molecule has 0 saturated heterocycles. The highest BCUT2D eigenvalue weighted by Gasteiger charge is 2.36. The number of nitrogens with zero attached hydrogens (tertiary/aromatic N) is 1. The third-order valence-electron chi connectivity index (χ3n) is 4.71. The highest BCUT2D eigenvalue weighted by molar-refractivity contribution is 6.25. The predicted molar refractivity (Wildman–Crippen MR) is 115 cm³/mol. The van der Waals surface area contributed by atoms with Gasteiger partial charge in [-0.25, -0.2) is 4.79 Å². The first kappa shape index (κ1) is 22.3. The lowest BCUT2D eigenvalue weighted by Gasteiger charge is -2.29. The van der Waals surface area contributed by atoms with E-state index in [4.69, 9.17) is 4.74 Å². The number of carbonyl (C=O) groups excluding carboxylic acids is 4. The van der Waals surface area contributed by atoms with E-state index in [1.165, 1.54) is 0 Å². The first-order valence-electron chi connectivity index (χ1n) is 10.2. The minimum atomic E-state index is -0.983. The molecule has 0 unspecified atom stereocenters. The van der Waals surface area contributed by atoms with Gasteiger partial charge < -0.3 is 10.1 Å². The maximum Gasteiger partial charge on any atom is 0.408 e. The first-order valence-corrected chi connectivity index (χ1v) is 10.2. The van der Waals surface area contributed by atoms with Crippen molar-refractivity contribution in [3.05, 3.63) is 47.5 Å². The second-order valence-electron chi connectivity index (χ2n) is 8.96. The largest absolute Gasteiger partial charge is 0.444 e. The van der Waals surface area contributed by atoms with Gasteiger partial charge in [0.1, 0.15) is 11.6 Å². The topological polar surface area (TPSA) is 105 Å². The Hall–Kier alpha value is -3.42. The van der Waals surface area contributed by atoms with E-state index in [0.717, 1.165) is 5.39 Å². The smallest absolute Gasteiger partial charge is 0.408 e. The maximum absolute atomic E-state index is 13.0. The van der Waals surface area contributed by atoms with Crippen molar-refractivity contribution in [2.45, 2.75) is 52.7 Å². The number of rotatable bonds is 5. The molecule has 0 radical (unpaired) electrons. The van der Waals surface area contributed by atoms with Gasteiger partial charge in [0.25, 0.3) is 17.7 Å². The molecule has 8 nitrogen and oxygen atoms in total. The van der Waals surface area contributed by atoms with Crippen LogP contribution in [0.3, 0.4) is 0 Å². The van der Waals surface area contributed by atoms with Gasteiger partial charge in [-0.15, -0.1) is 0 Å². The molecule has 0 bridgehead atoms. The zero-order chi connectivity index (χ0) is 22.9. The van der Waals surface area contributed by atoms with Gasteiger partial charge >= 0.3 is 6.09 Å². The second-order valence-corrected chi connectivity index (χ2v) is 8.96. The van der Waals surface area contributed by atoms with Crippen molar-refractivity contribution in [2.24, 2.45) is 5.92 Å². The Balaban J connectivity index is 1.84. The van der Waals surface area contributed by atoms with Gasteiger partial charge in [0.05, 0.1) is 11.1 Å². The van der Waals surface area contributed by atoms with Gasteiger partial charge in [-0.2, -0.15) is 5.01 Å². The fourth-order valence-electron chi connectivity index (χ4n) is 3.47. The molecule has 8 heteroatoms. The number of hydrogen-bond acceptors (Lipinski definition) is 5. The summed E-state index contributed by atoms with van der Waals surface area (Å²) in [5.74, 6) is -1.85. The lowest BCUT2D eigenvalue weighted by Crippen LogP contribution is -2.57. The maximum atomic E-state index is 13.0. The molecule has 0 fully saturated rings. The Morgan fingerprint density at radius 1 is 1.00 bits per heavy atom. The third-order valence-corrected chi connectivity index (χ3v) is 4.71. The van der Waals surface area contributed by atoms with Crippen LogP contribution >= 0.6 is 0 Å². The van der Waals surface area contributed by atoms with E-state index in [0.29, 0.717) is 27.9 Å². The summed E-state index contributed by atoms with van der Waals surface area (Å²) in [6.07, 6.45) is -0.451. The van der Waals surface area contributed by atoms with E-state index >= 15 is 0 Å². The summed E-state index contributed by atoms with van der Waals surface area (Å²) >= 11 is 0. The number of imide groups is 1. The summed E-state index contributed by atoms with van der Waals surface area (Å²) < 4.78 is 5.24. The zero-order valence-electron chi connectivity index (χ0n) is 18.3. The average Bonchev–Trinajstić information content (AvgIpc) is 2.66. The Morgan fingerprint density at radius 2 is 1.55 bits per heavy atom. The van der Waals surface area contributed by atoms with E-state index in [1.807, 2.05) is 26.0 Å². The van der Waals surface area contributed by atoms with Crippen LogP contribution < -0.4 is 10.7 Å². The van der Waals surface area contributed by atoms with Gasteiger partial charge in [-0.1, -0.05) is 38.1 Å². The molecule has 1 aliphatic heterocycles. The molecule has 1 aliphatic rings. The summed E-state index contributed by atoms with van der Waals surface area (Å²) in [5, 5.41) is 4.59. The first-order chi connectivity index (χ1) is 14.5. The van der Waals surface area contributed by atoms with Crippen LogP contribution in [0.1, 0.15) is 61.8 Å². The number of ether oxygens (including phenoxy) is 1. The molecule has 2 aromatic rings. The molecule has 0 aromatic heterocycles. The molecule has 0 aliphatic carbocycles. The third kappa shape index (κ3) is 4.84. The number of amides is 4. The van der Waals surface area contributed by atoms with Gasteiger partial charge in [-0.05, 0) is 50.6 Å². The summed E-state index contributed by atoms with van der Waals surface area (Å²) in [7, 11) is 0. The summed E-state index contributed by atoms with van der Waals surface area (Å²) in [4.78, 5) is 51.1. The summed E-state index contributed by atoms with van der Waals surface area (Å²) in [6.45, 7) is 8.93. The van der Waals surface area contributed by atoms with Crippen molar-refractivity contribution in [1.29, 1.82) is 0 Å². The van der Waals surface area contributed by atoms with Crippen LogP contribution in [0.25, 0.3) is 10.8 Å². The SMILES string of the molecule is CC(C)C[C@H](NC(=O)OC(C)(C)C)C(=O)NN1C(=O)c2cccc3cccc(c23)C1=O. The lowest BCUT2D eigenvalue weighted by atomic mass is 9.95. The van der Waals surface area contributed by atoms with E-state index in [-0.39, 0.29) is 5.92 Å². The second kappa shape index (κ2) is 8.37. The molecule has 1 heterocycles. The molecule has 0 saturated carbocycles. The predicted octanol–water partition coefficient (Wildman–Crippen LogP) is 3.41. The van der Waals surface area contributed by atoms with E-state index in [9.17, 15) is 19.2 Å². The minimum Gasteiger partial charge on any atom is -0.444 e. The number of hydrazine groups is 1. The minimum absolute atomic E-state index is 0.0629. The molecular weight excluding hydrogens is 398 g/mol. The monoisotopic (exact) mass is 425 g/mol. The normalized spacial score (nSPS) is 14.6. The standard InChI is InChI=1S/C23H27N3O5/c1-13(2)12-17(24-22(30)31-23(3,4)5)19(27)25-26-20(28)15-10-6-8-14-9-7-11-16(18(14)15)21(26)29/h6-11,13,17H,12H2,1-5H3,(H,24,30)(H,25,27)/t17-/m0/s1. The molecule has 3 rings (SSSR count). The molecular formula is C23H27N3O5. The quantitative estimate of drug-likeness (QED) is 0.715.